The smallest absolute Gasteiger partial charge is 0.256 e. The lowest BCUT2D eigenvalue weighted by atomic mass is 9.97. The van der Waals surface area contributed by atoms with Crippen LogP contribution in [0, 0.1) is 0 Å². The molecule has 0 fully saturated rings. The van der Waals surface area contributed by atoms with E-state index in [2.05, 4.69) is 23.5 Å². The summed E-state index contributed by atoms with van der Waals surface area (Å²) >= 11 is 0. The third-order valence-electron chi connectivity index (χ3n) is 2.82. The van der Waals surface area contributed by atoms with Gasteiger partial charge in [0.25, 0.3) is 5.91 Å². The zero-order valence-electron chi connectivity index (χ0n) is 9.95. The van der Waals surface area contributed by atoms with Gasteiger partial charge >= 0.3 is 0 Å². The van der Waals surface area contributed by atoms with Gasteiger partial charge in [-0.05, 0) is 25.8 Å². The fourth-order valence-electron chi connectivity index (χ4n) is 2.22. The molecule has 1 aliphatic heterocycles. The summed E-state index contributed by atoms with van der Waals surface area (Å²) < 4.78 is 11.6. The lowest BCUT2D eigenvalue weighted by molar-refractivity contribution is -0.265. The fourth-order valence-corrected chi connectivity index (χ4v) is 2.22. The van der Waals surface area contributed by atoms with Crippen LogP contribution in [0.1, 0.15) is 25.0 Å². The number of nitrogens with one attached hydrogen (secondary N) is 1. The molecular formula is C13H19NO2. The van der Waals surface area contributed by atoms with Crippen molar-refractivity contribution in [1.82, 2.24) is 5.32 Å². The second-order valence-corrected chi connectivity index (χ2v) is 3.82. The molecule has 2 rings (SSSR count). The van der Waals surface area contributed by atoms with Crippen molar-refractivity contribution in [1.29, 1.82) is 0 Å². The largest absolute Gasteiger partial charge is 0.334 e. The highest BCUT2D eigenvalue weighted by Crippen LogP contribution is 2.30. The molecule has 1 N–H and O–H groups in total. The zero-order valence-corrected chi connectivity index (χ0v) is 9.95. The molecule has 88 valence electrons. The predicted octanol–water partition coefficient (Wildman–Crippen LogP) is 2.02. The molecule has 1 heterocycles. The fraction of sp³-hybridized carbons (Fsp3) is 0.538. The van der Waals surface area contributed by atoms with E-state index in [9.17, 15) is 0 Å². The Morgan fingerprint density at radius 1 is 1.19 bits per heavy atom. The Hall–Kier alpha value is -0.900. The Bertz CT molecular complexity index is 346. The average Bonchev–Trinajstić information content (AvgIpc) is 2.30. The SMILES string of the molecule is CCOC1(OCC)NCCc2ccccc21. The minimum Gasteiger partial charge on any atom is -0.334 e. The van der Waals surface area contributed by atoms with Gasteiger partial charge in [-0.1, -0.05) is 24.3 Å². The van der Waals surface area contributed by atoms with E-state index in [4.69, 9.17) is 9.47 Å². The first-order chi connectivity index (χ1) is 7.82. The van der Waals surface area contributed by atoms with Crippen LogP contribution in [-0.2, 0) is 21.8 Å². The lowest BCUT2D eigenvalue weighted by Gasteiger charge is -2.38. The standard InChI is InChI=1S/C13H19NO2/c1-3-15-13(16-4-2)12-8-6-5-7-11(12)9-10-14-13/h5-8,14H,3-4,9-10H2,1-2H3. The molecule has 0 unspecified atom stereocenters. The van der Waals surface area contributed by atoms with Gasteiger partial charge in [-0.2, -0.15) is 0 Å². The summed E-state index contributed by atoms with van der Waals surface area (Å²) in [6, 6.07) is 8.31. The van der Waals surface area contributed by atoms with E-state index < -0.39 is 5.91 Å². The molecule has 0 radical (unpaired) electrons. The van der Waals surface area contributed by atoms with Gasteiger partial charge in [0.05, 0.1) is 0 Å². The number of hydrogen-bond acceptors (Lipinski definition) is 3. The van der Waals surface area contributed by atoms with E-state index in [-0.39, 0.29) is 0 Å². The van der Waals surface area contributed by atoms with Crippen molar-refractivity contribution in [2.24, 2.45) is 0 Å². The van der Waals surface area contributed by atoms with Crippen LogP contribution in [0.2, 0.25) is 0 Å². The van der Waals surface area contributed by atoms with E-state index in [1.807, 2.05) is 19.9 Å². The van der Waals surface area contributed by atoms with Crippen molar-refractivity contribution in [2.75, 3.05) is 19.8 Å². The van der Waals surface area contributed by atoms with Crippen LogP contribution in [-0.4, -0.2) is 19.8 Å². The third kappa shape index (κ3) is 1.98. The topological polar surface area (TPSA) is 30.5 Å². The summed E-state index contributed by atoms with van der Waals surface area (Å²) in [4.78, 5) is 0. The van der Waals surface area contributed by atoms with Gasteiger partial charge in [-0.15, -0.1) is 0 Å². The minimum atomic E-state index is -0.738. The minimum absolute atomic E-state index is 0.626. The van der Waals surface area contributed by atoms with Gasteiger partial charge < -0.3 is 9.47 Å². The van der Waals surface area contributed by atoms with Gasteiger partial charge in [0.15, 0.2) is 0 Å². The maximum absolute atomic E-state index is 5.80. The molecule has 0 saturated heterocycles. The Labute approximate surface area is 96.8 Å². The first-order valence-corrected chi connectivity index (χ1v) is 5.93. The molecule has 3 nitrogen and oxygen atoms in total. The van der Waals surface area contributed by atoms with Gasteiger partial charge in [-0.25, -0.2) is 0 Å². The van der Waals surface area contributed by atoms with Crippen molar-refractivity contribution >= 4 is 0 Å². The van der Waals surface area contributed by atoms with Crippen LogP contribution < -0.4 is 5.32 Å². The highest BCUT2D eigenvalue weighted by atomic mass is 16.7. The average molecular weight is 221 g/mol. The predicted molar refractivity (Wildman–Crippen MR) is 63.1 cm³/mol. The van der Waals surface area contributed by atoms with Crippen LogP contribution >= 0.6 is 0 Å². The third-order valence-corrected chi connectivity index (χ3v) is 2.82. The molecule has 0 spiro atoms. The van der Waals surface area contributed by atoms with Gasteiger partial charge in [-0.3, -0.25) is 5.32 Å². The Morgan fingerprint density at radius 3 is 2.56 bits per heavy atom. The number of ether oxygens (including phenoxy) is 2. The molecule has 0 aromatic heterocycles. The Kier molecular flexibility index (Phi) is 3.59. The van der Waals surface area contributed by atoms with Crippen LogP contribution in [0.5, 0.6) is 0 Å². The van der Waals surface area contributed by atoms with Crippen LogP contribution in [0.25, 0.3) is 0 Å². The number of hydrogen-bond donors (Lipinski definition) is 1. The van der Waals surface area contributed by atoms with E-state index in [0.717, 1.165) is 18.5 Å². The molecule has 1 aliphatic rings. The highest BCUT2D eigenvalue weighted by Gasteiger charge is 2.37. The molecule has 1 aromatic rings. The summed E-state index contributed by atoms with van der Waals surface area (Å²) in [6.45, 7) is 6.11. The molecule has 3 heteroatoms. The number of fused-ring (bicyclic) bond motifs is 1. The number of benzene rings is 1. The summed E-state index contributed by atoms with van der Waals surface area (Å²) in [5.74, 6) is -0.738. The summed E-state index contributed by atoms with van der Waals surface area (Å²) in [5, 5.41) is 3.35. The molecule has 0 aliphatic carbocycles. The van der Waals surface area contributed by atoms with Crippen molar-refractivity contribution in [3.05, 3.63) is 35.4 Å². The summed E-state index contributed by atoms with van der Waals surface area (Å²) in [7, 11) is 0. The molecular weight excluding hydrogens is 202 g/mol. The maximum Gasteiger partial charge on any atom is 0.256 e. The Morgan fingerprint density at radius 2 is 1.88 bits per heavy atom. The van der Waals surface area contributed by atoms with Crippen LogP contribution in [0.15, 0.2) is 24.3 Å². The van der Waals surface area contributed by atoms with Crippen LogP contribution in [0.4, 0.5) is 0 Å². The first-order valence-electron chi connectivity index (χ1n) is 5.93. The second-order valence-electron chi connectivity index (χ2n) is 3.82. The van der Waals surface area contributed by atoms with E-state index >= 15 is 0 Å². The monoisotopic (exact) mass is 221 g/mol. The molecule has 0 amide bonds. The van der Waals surface area contributed by atoms with Crippen LogP contribution in [0.3, 0.4) is 0 Å². The van der Waals surface area contributed by atoms with Crippen molar-refractivity contribution in [2.45, 2.75) is 26.2 Å². The zero-order chi connectivity index (χ0) is 11.4. The summed E-state index contributed by atoms with van der Waals surface area (Å²) in [6.07, 6.45) is 1.03. The molecule has 0 atom stereocenters. The van der Waals surface area contributed by atoms with Gasteiger partial charge in [0.2, 0.25) is 0 Å². The van der Waals surface area contributed by atoms with E-state index in [0.29, 0.717) is 13.2 Å². The quantitative estimate of drug-likeness (QED) is 0.789. The number of rotatable bonds is 4. The van der Waals surface area contributed by atoms with Crippen molar-refractivity contribution < 1.29 is 9.47 Å². The second kappa shape index (κ2) is 4.95. The van der Waals surface area contributed by atoms with E-state index in [1.165, 1.54) is 5.56 Å². The Balaban J connectivity index is 2.39. The first kappa shape index (κ1) is 11.6. The normalized spacial score (nSPS) is 18.1. The summed E-state index contributed by atoms with van der Waals surface area (Å²) in [5.41, 5.74) is 2.42. The molecule has 0 saturated carbocycles. The van der Waals surface area contributed by atoms with E-state index in [1.54, 1.807) is 0 Å². The molecule has 0 bridgehead atoms. The molecule has 16 heavy (non-hydrogen) atoms. The van der Waals surface area contributed by atoms with Gasteiger partial charge in [0.1, 0.15) is 0 Å². The van der Waals surface area contributed by atoms with Crippen molar-refractivity contribution in [3.8, 4) is 0 Å². The lowest BCUT2D eigenvalue weighted by Crippen LogP contribution is -2.51. The van der Waals surface area contributed by atoms with Crippen molar-refractivity contribution in [3.63, 3.8) is 0 Å². The van der Waals surface area contributed by atoms with Gasteiger partial charge in [0, 0.05) is 25.3 Å². The molecule has 1 aromatic carbocycles. The highest BCUT2D eigenvalue weighted by molar-refractivity contribution is 5.33. The maximum atomic E-state index is 5.80.